The first kappa shape index (κ1) is 15.9. The second kappa shape index (κ2) is 6.99. The van der Waals surface area contributed by atoms with E-state index in [4.69, 9.17) is 5.73 Å². The summed E-state index contributed by atoms with van der Waals surface area (Å²) in [6.45, 7) is 8.68. The van der Waals surface area contributed by atoms with Crippen molar-refractivity contribution in [3.63, 3.8) is 0 Å². The molecule has 0 amide bonds. The second-order valence-electron chi connectivity index (χ2n) is 5.66. The van der Waals surface area contributed by atoms with E-state index in [0.717, 1.165) is 22.3 Å². The molecule has 3 N–H and O–H groups in total. The normalized spacial score (nSPS) is 12.0. The number of hydrogen-bond donors (Lipinski definition) is 2. The first-order valence-electron chi connectivity index (χ1n) is 7.57. The topological polar surface area (TPSA) is 38.0 Å². The van der Waals surface area contributed by atoms with Crippen molar-refractivity contribution >= 4 is 11.1 Å². The van der Waals surface area contributed by atoms with Crippen LogP contribution in [0.4, 0.5) is 0 Å². The van der Waals surface area contributed by atoms with Gasteiger partial charge in [0.05, 0.1) is 0 Å². The van der Waals surface area contributed by atoms with Gasteiger partial charge in [0.25, 0.3) is 0 Å². The van der Waals surface area contributed by atoms with E-state index in [-0.39, 0.29) is 0 Å². The highest BCUT2D eigenvalue weighted by atomic mass is 15.0. The lowest BCUT2D eigenvalue weighted by atomic mass is 9.91. The zero-order valence-electron chi connectivity index (χ0n) is 13.6. The molecule has 2 aromatic carbocycles. The average Bonchev–Trinajstić information content (AvgIpc) is 2.55. The van der Waals surface area contributed by atoms with Crippen molar-refractivity contribution < 1.29 is 0 Å². The summed E-state index contributed by atoms with van der Waals surface area (Å²) >= 11 is 0. The summed E-state index contributed by atoms with van der Waals surface area (Å²) in [6.07, 6.45) is 0. The van der Waals surface area contributed by atoms with E-state index in [0.29, 0.717) is 11.7 Å². The molecule has 0 heterocycles. The van der Waals surface area contributed by atoms with Gasteiger partial charge in [0.1, 0.15) is 5.82 Å². The largest absolute Gasteiger partial charge is 0.385 e. The Morgan fingerprint density at radius 2 is 1.64 bits per heavy atom. The molecule has 0 aromatic heterocycles. The van der Waals surface area contributed by atoms with Gasteiger partial charge in [0.15, 0.2) is 0 Å². The van der Waals surface area contributed by atoms with Crippen molar-refractivity contribution in [2.24, 2.45) is 5.73 Å². The standard InChI is InChI=1S/C20H24N2/c1-14(2)17-11-8-12-18(13-17)15(3)19(20(21)22-4)16-9-6-5-7-10-16/h5-14,22H,3,21H2,1-2,4H3/b20-19+. The minimum atomic E-state index is 0.485. The minimum Gasteiger partial charge on any atom is -0.385 e. The van der Waals surface area contributed by atoms with Gasteiger partial charge in [-0.1, -0.05) is 75.0 Å². The highest BCUT2D eigenvalue weighted by Crippen LogP contribution is 2.31. The summed E-state index contributed by atoms with van der Waals surface area (Å²) in [7, 11) is 1.83. The van der Waals surface area contributed by atoms with Gasteiger partial charge in [-0.3, -0.25) is 0 Å². The first-order valence-corrected chi connectivity index (χ1v) is 7.57. The monoisotopic (exact) mass is 292 g/mol. The third-order valence-electron chi connectivity index (χ3n) is 3.80. The van der Waals surface area contributed by atoms with Crippen molar-refractivity contribution in [1.82, 2.24) is 5.32 Å². The molecular formula is C20H24N2. The summed E-state index contributed by atoms with van der Waals surface area (Å²) < 4.78 is 0. The third kappa shape index (κ3) is 3.40. The Morgan fingerprint density at radius 3 is 2.23 bits per heavy atom. The van der Waals surface area contributed by atoms with Crippen LogP contribution < -0.4 is 11.1 Å². The molecular weight excluding hydrogens is 268 g/mol. The summed E-state index contributed by atoms with van der Waals surface area (Å²) in [5, 5.41) is 3.05. The Kier molecular flexibility index (Phi) is 5.05. The molecule has 0 bridgehead atoms. The smallest absolute Gasteiger partial charge is 0.104 e. The summed E-state index contributed by atoms with van der Waals surface area (Å²) in [5.41, 5.74) is 11.5. The van der Waals surface area contributed by atoms with Crippen LogP contribution in [0.2, 0.25) is 0 Å². The molecule has 0 fully saturated rings. The number of rotatable bonds is 5. The van der Waals surface area contributed by atoms with E-state index in [2.05, 4.69) is 62.1 Å². The van der Waals surface area contributed by atoms with E-state index < -0.39 is 0 Å². The van der Waals surface area contributed by atoms with E-state index in [1.807, 2.05) is 25.2 Å². The lowest BCUT2D eigenvalue weighted by Crippen LogP contribution is -2.17. The van der Waals surface area contributed by atoms with Crippen molar-refractivity contribution in [3.05, 3.63) is 83.7 Å². The van der Waals surface area contributed by atoms with Gasteiger partial charge in [-0.2, -0.15) is 0 Å². The van der Waals surface area contributed by atoms with Gasteiger partial charge >= 0.3 is 0 Å². The second-order valence-corrected chi connectivity index (χ2v) is 5.66. The molecule has 2 rings (SSSR count). The maximum atomic E-state index is 6.19. The molecule has 0 saturated carbocycles. The van der Waals surface area contributed by atoms with Crippen LogP contribution in [0.15, 0.2) is 67.0 Å². The maximum Gasteiger partial charge on any atom is 0.104 e. The fraction of sp³-hybridized carbons (Fsp3) is 0.200. The minimum absolute atomic E-state index is 0.485. The molecule has 0 aliphatic heterocycles. The van der Waals surface area contributed by atoms with Crippen LogP contribution in [0.1, 0.15) is 36.5 Å². The molecule has 22 heavy (non-hydrogen) atoms. The van der Waals surface area contributed by atoms with Crippen molar-refractivity contribution in [2.75, 3.05) is 7.05 Å². The van der Waals surface area contributed by atoms with Gasteiger partial charge in [0.2, 0.25) is 0 Å². The number of allylic oxidation sites excluding steroid dienone is 2. The molecule has 2 aromatic rings. The Bertz CT molecular complexity index is 682. The van der Waals surface area contributed by atoms with Crippen LogP contribution in [-0.2, 0) is 0 Å². The van der Waals surface area contributed by atoms with Crippen LogP contribution in [0.3, 0.4) is 0 Å². The van der Waals surface area contributed by atoms with Crippen LogP contribution >= 0.6 is 0 Å². The molecule has 114 valence electrons. The Labute approximate surface area is 133 Å². The Hall–Kier alpha value is -2.48. The summed E-state index contributed by atoms with van der Waals surface area (Å²) in [4.78, 5) is 0. The van der Waals surface area contributed by atoms with E-state index >= 15 is 0 Å². The quantitative estimate of drug-likeness (QED) is 0.803. The molecule has 0 aliphatic carbocycles. The van der Waals surface area contributed by atoms with Crippen LogP contribution in [0.25, 0.3) is 11.1 Å². The van der Waals surface area contributed by atoms with Crippen LogP contribution in [-0.4, -0.2) is 7.05 Å². The van der Waals surface area contributed by atoms with Crippen LogP contribution in [0, 0.1) is 0 Å². The lowest BCUT2D eigenvalue weighted by molar-refractivity contribution is 0.866. The zero-order chi connectivity index (χ0) is 16.1. The summed E-state index contributed by atoms with van der Waals surface area (Å²) in [6, 6.07) is 18.6. The van der Waals surface area contributed by atoms with Crippen molar-refractivity contribution in [1.29, 1.82) is 0 Å². The number of hydrogen-bond acceptors (Lipinski definition) is 2. The average molecular weight is 292 g/mol. The Balaban J connectivity index is 2.50. The molecule has 2 heteroatoms. The molecule has 0 atom stereocenters. The first-order chi connectivity index (χ1) is 10.5. The van der Waals surface area contributed by atoms with Crippen molar-refractivity contribution in [3.8, 4) is 0 Å². The maximum absolute atomic E-state index is 6.19. The number of nitrogens with one attached hydrogen (secondary N) is 1. The number of benzene rings is 2. The summed E-state index contributed by atoms with van der Waals surface area (Å²) in [5.74, 6) is 1.12. The van der Waals surface area contributed by atoms with E-state index in [1.165, 1.54) is 5.56 Å². The number of nitrogens with two attached hydrogens (primary N) is 1. The highest BCUT2D eigenvalue weighted by molar-refractivity contribution is 6.04. The van der Waals surface area contributed by atoms with Gasteiger partial charge in [-0.05, 0) is 28.2 Å². The third-order valence-corrected chi connectivity index (χ3v) is 3.80. The fourth-order valence-corrected chi connectivity index (χ4v) is 2.45. The molecule has 0 aliphatic rings. The molecule has 0 saturated heterocycles. The predicted octanol–water partition coefficient (Wildman–Crippen LogP) is 4.37. The molecule has 0 unspecified atom stereocenters. The van der Waals surface area contributed by atoms with E-state index in [9.17, 15) is 0 Å². The fourth-order valence-electron chi connectivity index (χ4n) is 2.45. The Morgan fingerprint density at radius 1 is 1.00 bits per heavy atom. The SMILES string of the molecule is C=C(/C(=C(/N)NC)c1ccccc1)c1cccc(C(C)C)c1. The van der Waals surface area contributed by atoms with Gasteiger partial charge < -0.3 is 11.1 Å². The predicted molar refractivity (Wildman–Crippen MR) is 96.2 cm³/mol. The molecule has 0 radical (unpaired) electrons. The van der Waals surface area contributed by atoms with Crippen LogP contribution in [0.5, 0.6) is 0 Å². The van der Waals surface area contributed by atoms with E-state index in [1.54, 1.807) is 0 Å². The van der Waals surface area contributed by atoms with Gasteiger partial charge in [-0.15, -0.1) is 0 Å². The van der Waals surface area contributed by atoms with Gasteiger partial charge in [-0.25, -0.2) is 0 Å². The zero-order valence-corrected chi connectivity index (χ0v) is 13.6. The van der Waals surface area contributed by atoms with Gasteiger partial charge in [0, 0.05) is 12.6 Å². The highest BCUT2D eigenvalue weighted by Gasteiger charge is 2.13. The lowest BCUT2D eigenvalue weighted by Gasteiger charge is -2.16. The van der Waals surface area contributed by atoms with Crippen molar-refractivity contribution in [2.45, 2.75) is 19.8 Å². The molecule has 2 nitrogen and oxygen atoms in total. The molecule has 0 spiro atoms.